The maximum absolute atomic E-state index is 11.8. The zero-order valence-electron chi connectivity index (χ0n) is 11.8. The third-order valence-electron chi connectivity index (χ3n) is 4.15. The molecule has 5 heteroatoms. The first-order valence-electron chi connectivity index (χ1n) is 7.15. The summed E-state index contributed by atoms with van der Waals surface area (Å²) in [5.74, 6) is 0.580. The molecule has 0 saturated heterocycles. The van der Waals surface area contributed by atoms with Crippen LogP contribution in [-0.2, 0) is 9.84 Å². The van der Waals surface area contributed by atoms with Crippen LogP contribution < -0.4 is 5.73 Å². The second-order valence-electron chi connectivity index (χ2n) is 5.37. The molecule has 0 spiro atoms. The lowest BCUT2D eigenvalue weighted by molar-refractivity contribution is 0.113. The summed E-state index contributed by atoms with van der Waals surface area (Å²) in [5.41, 5.74) is 6.02. The van der Waals surface area contributed by atoms with E-state index in [2.05, 4.69) is 11.8 Å². The Hall–Kier alpha value is -0.130. The maximum Gasteiger partial charge on any atom is 0.151 e. The molecular formula is C13H28N2O2S. The molecule has 1 saturated carbocycles. The van der Waals surface area contributed by atoms with Crippen LogP contribution in [0.1, 0.15) is 46.0 Å². The van der Waals surface area contributed by atoms with Gasteiger partial charge in [0.25, 0.3) is 0 Å². The van der Waals surface area contributed by atoms with E-state index in [4.69, 9.17) is 5.73 Å². The SMILES string of the molecule is CCCS(=O)(=O)CCN(CC)C1(CN)CCCC1. The second kappa shape index (κ2) is 6.87. The molecule has 0 bridgehead atoms. The standard InChI is InChI=1S/C13H28N2O2S/c1-3-10-18(16,17)11-9-15(4-2)13(12-14)7-5-6-8-13/h3-12,14H2,1-2H3. The summed E-state index contributed by atoms with van der Waals surface area (Å²) in [5, 5.41) is 0. The molecule has 0 radical (unpaired) electrons. The van der Waals surface area contributed by atoms with E-state index in [0.717, 1.165) is 19.4 Å². The highest BCUT2D eigenvalue weighted by molar-refractivity contribution is 7.91. The first-order chi connectivity index (χ1) is 8.49. The first-order valence-corrected chi connectivity index (χ1v) is 8.97. The van der Waals surface area contributed by atoms with Crippen LogP contribution in [0.25, 0.3) is 0 Å². The Morgan fingerprint density at radius 1 is 1.17 bits per heavy atom. The highest BCUT2D eigenvalue weighted by atomic mass is 32.2. The summed E-state index contributed by atoms with van der Waals surface area (Å²) in [6.07, 6.45) is 5.37. The van der Waals surface area contributed by atoms with Crippen molar-refractivity contribution >= 4 is 9.84 Å². The van der Waals surface area contributed by atoms with Gasteiger partial charge >= 0.3 is 0 Å². The Labute approximate surface area is 112 Å². The average Bonchev–Trinajstić information content (AvgIpc) is 2.79. The fourth-order valence-electron chi connectivity index (χ4n) is 3.08. The van der Waals surface area contributed by atoms with E-state index in [-0.39, 0.29) is 11.3 Å². The van der Waals surface area contributed by atoms with Crippen LogP contribution in [0.5, 0.6) is 0 Å². The van der Waals surface area contributed by atoms with Gasteiger partial charge in [-0.1, -0.05) is 26.7 Å². The first kappa shape index (κ1) is 15.9. The summed E-state index contributed by atoms with van der Waals surface area (Å²) < 4.78 is 23.6. The third kappa shape index (κ3) is 3.93. The summed E-state index contributed by atoms with van der Waals surface area (Å²) in [4.78, 5) is 2.30. The minimum Gasteiger partial charge on any atom is -0.329 e. The molecule has 0 atom stereocenters. The van der Waals surface area contributed by atoms with Gasteiger partial charge in [-0.05, 0) is 25.8 Å². The topological polar surface area (TPSA) is 63.4 Å². The maximum atomic E-state index is 11.8. The van der Waals surface area contributed by atoms with Crippen LogP contribution in [0.4, 0.5) is 0 Å². The van der Waals surface area contributed by atoms with E-state index < -0.39 is 9.84 Å². The van der Waals surface area contributed by atoms with Crippen molar-refractivity contribution in [3.05, 3.63) is 0 Å². The Morgan fingerprint density at radius 3 is 2.22 bits per heavy atom. The Morgan fingerprint density at radius 2 is 1.78 bits per heavy atom. The van der Waals surface area contributed by atoms with Crippen LogP contribution in [0.3, 0.4) is 0 Å². The smallest absolute Gasteiger partial charge is 0.151 e. The van der Waals surface area contributed by atoms with Gasteiger partial charge in [-0.3, -0.25) is 4.90 Å². The molecule has 0 amide bonds. The number of likely N-dealkylation sites (N-methyl/N-ethyl adjacent to an activating group) is 1. The number of sulfone groups is 1. The molecule has 1 rings (SSSR count). The van der Waals surface area contributed by atoms with E-state index >= 15 is 0 Å². The molecule has 0 aliphatic heterocycles. The van der Waals surface area contributed by atoms with E-state index in [9.17, 15) is 8.42 Å². The van der Waals surface area contributed by atoms with Gasteiger partial charge in [-0.15, -0.1) is 0 Å². The number of nitrogens with two attached hydrogens (primary N) is 1. The lowest BCUT2D eigenvalue weighted by atomic mass is 9.95. The molecule has 0 aromatic heterocycles. The predicted octanol–water partition coefficient (Wildman–Crippen LogP) is 1.40. The molecule has 0 aromatic rings. The number of hydrogen-bond donors (Lipinski definition) is 1. The van der Waals surface area contributed by atoms with Crippen LogP contribution >= 0.6 is 0 Å². The third-order valence-corrected chi connectivity index (χ3v) is 5.99. The molecule has 1 aliphatic rings. The summed E-state index contributed by atoms with van der Waals surface area (Å²) in [6.45, 7) is 6.18. The molecule has 1 fully saturated rings. The van der Waals surface area contributed by atoms with E-state index in [1.807, 2.05) is 6.92 Å². The number of rotatable bonds is 8. The Bertz CT molecular complexity index is 335. The van der Waals surface area contributed by atoms with Gasteiger partial charge in [0.2, 0.25) is 0 Å². The van der Waals surface area contributed by atoms with Crippen molar-refractivity contribution in [1.82, 2.24) is 4.90 Å². The predicted molar refractivity (Wildman–Crippen MR) is 76.4 cm³/mol. The van der Waals surface area contributed by atoms with Crippen LogP contribution in [0, 0.1) is 0 Å². The lowest BCUT2D eigenvalue weighted by Gasteiger charge is -2.40. The Balaban J connectivity index is 2.62. The molecule has 18 heavy (non-hydrogen) atoms. The van der Waals surface area contributed by atoms with E-state index in [1.54, 1.807) is 0 Å². The minimum absolute atomic E-state index is 0.0660. The van der Waals surface area contributed by atoms with E-state index in [1.165, 1.54) is 12.8 Å². The van der Waals surface area contributed by atoms with Crippen molar-refractivity contribution in [1.29, 1.82) is 0 Å². The van der Waals surface area contributed by atoms with Gasteiger partial charge in [0.05, 0.1) is 5.75 Å². The van der Waals surface area contributed by atoms with Crippen LogP contribution in [-0.4, -0.2) is 50.0 Å². The number of hydrogen-bond acceptors (Lipinski definition) is 4. The van der Waals surface area contributed by atoms with Crippen molar-refractivity contribution in [2.75, 3.05) is 31.1 Å². The molecule has 4 nitrogen and oxygen atoms in total. The average molecular weight is 276 g/mol. The van der Waals surface area contributed by atoms with Crippen molar-refractivity contribution in [3.8, 4) is 0 Å². The van der Waals surface area contributed by atoms with Gasteiger partial charge in [-0.25, -0.2) is 8.42 Å². The molecule has 2 N–H and O–H groups in total. The fourth-order valence-corrected chi connectivity index (χ4v) is 4.40. The van der Waals surface area contributed by atoms with Crippen molar-refractivity contribution in [3.63, 3.8) is 0 Å². The van der Waals surface area contributed by atoms with Gasteiger partial charge in [0.1, 0.15) is 0 Å². The van der Waals surface area contributed by atoms with Gasteiger partial charge < -0.3 is 5.73 Å². The normalized spacial score (nSPS) is 19.6. The van der Waals surface area contributed by atoms with Crippen molar-refractivity contribution in [2.45, 2.75) is 51.5 Å². The van der Waals surface area contributed by atoms with Crippen LogP contribution in [0.15, 0.2) is 0 Å². The minimum atomic E-state index is -2.88. The number of nitrogens with zero attached hydrogens (tertiary/aromatic N) is 1. The zero-order valence-corrected chi connectivity index (χ0v) is 12.6. The highest BCUT2D eigenvalue weighted by Crippen LogP contribution is 2.34. The quantitative estimate of drug-likeness (QED) is 0.728. The molecule has 0 heterocycles. The Kier molecular flexibility index (Phi) is 6.08. The summed E-state index contributed by atoms with van der Waals surface area (Å²) in [6, 6.07) is 0. The van der Waals surface area contributed by atoms with Gasteiger partial charge in [0.15, 0.2) is 9.84 Å². The van der Waals surface area contributed by atoms with E-state index in [0.29, 0.717) is 25.3 Å². The molecule has 1 aliphatic carbocycles. The second-order valence-corrected chi connectivity index (χ2v) is 7.67. The molecule has 108 valence electrons. The molecular weight excluding hydrogens is 248 g/mol. The highest BCUT2D eigenvalue weighted by Gasteiger charge is 2.37. The lowest BCUT2D eigenvalue weighted by Crippen LogP contribution is -2.53. The molecule has 0 aromatic carbocycles. The largest absolute Gasteiger partial charge is 0.329 e. The van der Waals surface area contributed by atoms with Crippen molar-refractivity contribution in [2.24, 2.45) is 5.73 Å². The summed E-state index contributed by atoms with van der Waals surface area (Å²) >= 11 is 0. The van der Waals surface area contributed by atoms with Crippen molar-refractivity contribution < 1.29 is 8.42 Å². The van der Waals surface area contributed by atoms with Crippen LogP contribution in [0.2, 0.25) is 0 Å². The zero-order chi connectivity index (χ0) is 13.6. The fraction of sp³-hybridized carbons (Fsp3) is 1.00. The monoisotopic (exact) mass is 276 g/mol. The molecule has 0 unspecified atom stereocenters. The van der Waals surface area contributed by atoms with Gasteiger partial charge in [-0.2, -0.15) is 0 Å². The summed E-state index contributed by atoms with van der Waals surface area (Å²) in [7, 11) is -2.88. The van der Waals surface area contributed by atoms with Gasteiger partial charge in [0, 0.05) is 24.4 Å².